The number of aliphatic hydroxyl groups is 1. The Morgan fingerprint density at radius 1 is 0.852 bits per heavy atom. The normalized spacial score (nSPS) is 30.8. The second kappa shape index (κ2) is 6.43. The van der Waals surface area contributed by atoms with Gasteiger partial charge in [0, 0.05) is 11.1 Å². The van der Waals surface area contributed by atoms with E-state index in [2.05, 4.69) is 30.0 Å². The van der Waals surface area contributed by atoms with Crippen LogP contribution in [0.15, 0.2) is 42.5 Å². The average Bonchev–Trinajstić information content (AvgIpc) is 2.66. The summed E-state index contributed by atoms with van der Waals surface area (Å²) in [6.07, 6.45) is 8.01. The van der Waals surface area contributed by atoms with Crippen molar-refractivity contribution in [1.82, 2.24) is 0 Å². The van der Waals surface area contributed by atoms with Gasteiger partial charge < -0.3 is 10.2 Å². The standard InChI is InChI=1S/C25H26O2/c26-9-1-2-17-3-5-21(6-4-17)22-7-8-24(27)23(13-22)25-14-18-10-19(15-25)12-20(11-18)16-25/h3-8,13,18-20,26-27H,9-12,14-16H2. The molecular formula is C25H26O2. The highest BCUT2D eigenvalue weighted by atomic mass is 16.3. The third-order valence-electron chi connectivity index (χ3n) is 7.14. The minimum Gasteiger partial charge on any atom is -0.508 e. The summed E-state index contributed by atoms with van der Waals surface area (Å²) in [4.78, 5) is 0. The van der Waals surface area contributed by atoms with E-state index >= 15 is 0 Å². The van der Waals surface area contributed by atoms with Gasteiger partial charge in [0.15, 0.2) is 0 Å². The van der Waals surface area contributed by atoms with E-state index in [0.717, 1.165) is 28.9 Å². The predicted molar refractivity (Wildman–Crippen MR) is 107 cm³/mol. The van der Waals surface area contributed by atoms with E-state index in [-0.39, 0.29) is 12.0 Å². The molecule has 2 aromatic carbocycles. The number of aliphatic hydroxyl groups excluding tert-OH is 1. The van der Waals surface area contributed by atoms with Crippen molar-refractivity contribution in [2.75, 3.05) is 6.61 Å². The predicted octanol–water partition coefficient (Wildman–Crippen LogP) is 4.87. The van der Waals surface area contributed by atoms with E-state index in [0.29, 0.717) is 5.75 Å². The molecule has 4 saturated carbocycles. The van der Waals surface area contributed by atoms with Crippen LogP contribution in [0.4, 0.5) is 0 Å². The van der Waals surface area contributed by atoms with E-state index in [1.807, 2.05) is 24.3 Å². The molecule has 27 heavy (non-hydrogen) atoms. The quantitative estimate of drug-likeness (QED) is 0.752. The highest BCUT2D eigenvalue weighted by Gasteiger charge is 2.52. The highest BCUT2D eigenvalue weighted by Crippen LogP contribution is 2.62. The van der Waals surface area contributed by atoms with Gasteiger partial charge in [-0.05, 0) is 97.1 Å². The zero-order valence-electron chi connectivity index (χ0n) is 15.6. The Hall–Kier alpha value is -2.24. The summed E-state index contributed by atoms with van der Waals surface area (Å²) < 4.78 is 0. The zero-order chi connectivity index (χ0) is 18.4. The van der Waals surface area contributed by atoms with Crippen LogP contribution in [0.25, 0.3) is 11.1 Å². The van der Waals surface area contributed by atoms with E-state index < -0.39 is 0 Å². The van der Waals surface area contributed by atoms with Crippen LogP contribution in [0, 0.1) is 29.6 Å². The van der Waals surface area contributed by atoms with E-state index in [4.69, 9.17) is 5.11 Å². The molecule has 0 spiro atoms. The van der Waals surface area contributed by atoms with Crippen LogP contribution < -0.4 is 0 Å². The van der Waals surface area contributed by atoms with Gasteiger partial charge >= 0.3 is 0 Å². The third kappa shape index (κ3) is 2.95. The lowest BCUT2D eigenvalue weighted by Gasteiger charge is -2.57. The van der Waals surface area contributed by atoms with Gasteiger partial charge in [0.2, 0.25) is 0 Å². The Labute approximate surface area is 161 Å². The SMILES string of the molecule is OCC#Cc1ccc(-c2ccc(O)c(C34CC5CC(CC(C5)C3)C4)c2)cc1. The van der Waals surface area contributed by atoms with Crippen LogP contribution in [-0.4, -0.2) is 16.8 Å². The molecular weight excluding hydrogens is 332 g/mol. The van der Waals surface area contributed by atoms with Crippen LogP contribution in [-0.2, 0) is 5.41 Å². The fourth-order valence-electron chi connectivity index (χ4n) is 6.47. The van der Waals surface area contributed by atoms with Gasteiger partial charge in [-0.25, -0.2) is 0 Å². The molecule has 0 saturated heterocycles. The van der Waals surface area contributed by atoms with Crippen molar-refractivity contribution in [2.45, 2.75) is 43.9 Å². The molecule has 0 unspecified atom stereocenters. The topological polar surface area (TPSA) is 40.5 Å². The van der Waals surface area contributed by atoms with Crippen molar-refractivity contribution in [3.63, 3.8) is 0 Å². The molecule has 6 rings (SSSR count). The summed E-state index contributed by atoms with van der Waals surface area (Å²) in [6, 6.07) is 14.3. The molecule has 138 valence electrons. The number of aromatic hydroxyl groups is 1. The van der Waals surface area contributed by atoms with E-state index in [1.165, 1.54) is 49.7 Å². The van der Waals surface area contributed by atoms with E-state index in [9.17, 15) is 5.11 Å². The minimum atomic E-state index is -0.117. The monoisotopic (exact) mass is 358 g/mol. The fraction of sp³-hybridized carbons (Fsp3) is 0.440. The molecule has 0 heterocycles. The first-order valence-corrected chi connectivity index (χ1v) is 10.2. The largest absolute Gasteiger partial charge is 0.508 e. The fourth-order valence-corrected chi connectivity index (χ4v) is 6.47. The number of hydrogen-bond acceptors (Lipinski definition) is 2. The van der Waals surface area contributed by atoms with Crippen LogP contribution in [0.1, 0.15) is 49.7 Å². The highest BCUT2D eigenvalue weighted by molar-refractivity contribution is 5.67. The molecule has 0 aliphatic heterocycles. The maximum Gasteiger partial charge on any atom is 0.119 e. The van der Waals surface area contributed by atoms with Crippen molar-refractivity contribution in [3.8, 4) is 28.7 Å². The summed E-state index contributed by atoms with van der Waals surface area (Å²) in [5, 5.41) is 19.6. The van der Waals surface area contributed by atoms with Gasteiger partial charge in [-0.1, -0.05) is 30.0 Å². The molecule has 0 atom stereocenters. The third-order valence-corrected chi connectivity index (χ3v) is 7.14. The number of hydrogen-bond donors (Lipinski definition) is 2. The van der Waals surface area contributed by atoms with Gasteiger partial charge in [0.25, 0.3) is 0 Å². The summed E-state index contributed by atoms with van der Waals surface area (Å²) in [6.45, 7) is -0.117. The first-order valence-electron chi connectivity index (χ1n) is 10.2. The number of benzene rings is 2. The molecule has 2 N–H and O–H groups in total. The molecule has 2 nitrogen and oxygen atoms in total. The van der Waals surface area contributed by atoms with E-state index in [1.54, 1.807) is 0 Å². The van der Waals surface area contributed by atoms with Crippen LogP contribution >= 0.6 is 0 Å². The molecule has 2 heteroatoms. The second-order valence-electron chi connectivity index (χ2n) is 8.97. The molecule has 4 bridgehead atoms. The maximum absolute atomic E-state index is 10.7. The molecule has 4 aliphatic carbocycles. The number of rotatable bonds is 2. The Balaban J connectivity index is 1.50. The van der Waals surface area contributed by atoms with Crippen LogP contribution in [0.3, 0.4) is 0 Å². The molecule has 2 aromatic rings. The van der Waals surface area contributed by atoms with Crippen molar-refractivity contribution in [2.24, 2.45) is 17.8 Å². The Bertz CT molecular complexity index is 878. The summed E-state index contributed by atoms with van der Waals surface area (Å²) in [5.74, 6) is 8.70. The zero-order valence-corrected chi connectivity index (χ0v) is 15.6. The average molecular weight is 358 g/mol. The van der Waals surface area contributed by atoms with Gasteiger partial charge in [0.1, 0.15) is 12.4 Å². The molecule has 0 amide bonds. The lowest BCUT2D eigenvalue weighted by Crippen LogP contribution is -2.48. The summed E-state index contributed by atoms with van der Waals surface area (Å²) in [7, 11) is 0. The van der Waals surface area contributed by atoms with Gasteiger partial charge in [-0.15, -0.1) is 0 Å². The van der Waals surface area contributed by atoms with Crippen LogP contribution in [0.2, 0.25) is 0 Å². The number of phenolic OH excluding ortho intramolecular Hbond substituents is 1. The van der Waals surface area contributed by atoms with Crippen molar-refractivity contribution in [3.05, 3.63) is 53.6 Å². The van der Waals surface area contributed by atoms with Crippen LogP contribution in [0.5, 0.6) is 5.75 Å². The van der Waals surface area contributed by atoms with Gasteiger partial charge in [0.05, 0.1) is 0 Å². The van der Waals surface area contributed by atoms with Gasteiger partial charge in [-0.3, -0.25) is 0 Å². The summed E-state index contributed by atoms with van der Waals surface area (Å²) in [5.41, 5.74) is 4.60. The number of phenols is 1. The first-order chi connectivity index (χ1) is 13.1. The molecule has 4 aliphatic rings. The van der Waals surface area contributed by atoms with Crippen molar-refractivity contribution >= 4 is 0 Å². The molecule has 0 radical (unpaired) electrons. The lowest BCUT2D eigenvalue weighted by atomic mass is 9.48. The maximum atomic E-state index is 10.7. The minimum absolute atomic E-state index is 0.117. The molecule has 0 aromatic heterocycles. The van der Waals surface area contributed by atoms with Crippen molar-refractivity contribution < 1.29 is 10.2 Å². The second-order valence-corrected chi connectivity index (χ2v) is 8.97. The molecule has 4 fully saturated rings. The Morgan fingerprint density at radius 3 is 2.04 bits per heavy atom. The Morgan fingerprint density at radius 2 is 1.44 bits per heavy atom. The van der Waals surface area contributed by atoms with Crippen molar-refractivity contribution in [1.29, 1.82) is 0 Å². The van der Waals surface area contributed by atoms with Gasteiger partial charge in [-0.2, -0.15) is 0 Å². The lowest BCUT2D eigenvalue weighted by molar-refractivity contribution is -0.00611. The smallest absolute Gasteiger partial charge is 0.119 e. The first kappa shape index (κ1) is 16.9. The Kier molecular flexibility index (Phi) is 4.02. The summed E-state index contributed by atoms with van der Waals surface area (Å²) >= 11 is 0.